The van der Waals surface area contributed by atoms with E-state index >= 15 is 0 Å². The summed E-state index contributed by atoms with van der Waals surface area (Å²) in [5, 5.41) is 13.9. The lowest BCUT2D eigenvalue weighted by atomic mass is 9.99. The fraction of sp³-hybridized carbons (Fsp3) is 0.400. The van der Waals surface area contributed by atoms with Gasteiger partial charge < -0.3 is 24.8 Å². The standard InChI is InChI=1S/C25H29ClN4O4/c1-25(2,3)34-24(32)30-11-5-6-16(13-30)14-33-21-8-4-7-19-22(21)23(28-15-27-19)29-17-9-10-20(31)18(26)12-17/h4,7-10,12,15-16,31H,5-6,11,13-14H2,1-3H3,(H,27,28,29)/t16-/m1/s1. The number of anilines is 2. The Balaban J connectivity index is 1.50. The Kier molecular flexibility index (Phi) is 6.97. The monoisotopic (exact) mass is 484 g/mol. The summed E-state index contributed by atoms with van der Waals surface area (Å²) in [4.78, 5) is 23.0. The minimum atomic E-state index is -0.519. The predicted octanol–water partition coefficient (Wildman–Crippen LogP) is 5.76. The van der Waals surface area contributed by atoms with E-state index in [9.17, 15) is 9.90 Å². The molecule has 1 atom stereocenters. The van der Waals surface area contributed by atoms with Gasteiger partial charge >= 0.3 is 6.09 Å². The maximum Gasteiger partial charge on any atom is 0.410 e. The molecule has 0 saturated carbocycles. The molecule has 1 aliphatic rings. The number of hydrogen-bond donors (Lipinski definition) is 2. The number of aromatic hydroxyl groups is 1. The molecule has 34 heavy (non-hydrogen) atoms. The van der Waals surface area contributed by atoms with Gasteiger partial charge in [0.25, 0.3) is 0 Å². The van der Waals surface area contributed by atoms with E-state index in [2.05, 4.69) is 15.3 Å². The number of nitrogens with one attached hydrogen (secondary N) is 1. The number of nitrogens with zero attached hydrogens (tertiary/aromatic N) is 3. The third-order valence-electron chi connectivity index (χ3n) is 5.48. The van der Waals surface area contributed by atoms with Crippen molar-refractivity contribution in [3.8, 4) is 11.5 Å². The summed E-state index contributed by atoms with van der Waals surface area (Å²) in [6, 6.07) is 10.5. The van der Waals surface area contributed by atoms with Crippen molar-refractivity contribution >= 4 is 40.1 Å². The van der Waals surface area contributed by atoms with E-state index in [0.29, 0.717) is 37.0 Å². The van der Waals surface area contributed by atoms with Crippen molar-refractivity contribution in [2.75, 3.05) is 25.0 Å². The molecule has 0 radical (unpaired) electrons. The SMILES string of the molecule is CC(C)(C)OC(=O)N1CCC[C@@H](COc2cccc3ncnc(Nc4ccc(O)c(Cl)c4)c23)C1. The first-order valence-electron chi connectivity index (χ1n) is 11.3. The number of rotatable bonds is 5. The van der Waals surface area contributed by atoms with Crippen molar-refractivity contribution in [2.45, 2.75) is 39.2 Å². The number of carbonyl (C=O) groups excluding carboxylic acids is 1. The Morgan fingerprint density at radius 2 is 2.09 bits per heavy atom. The number of phenolic OH excluding ortho intramolecular Hbond substituents is 1. The number of hydrogen-bond acceptors (Lipinski definition) is 7. The van der Waals surface area contributed by atoms with Crippen LogP contribution in [0.3, 0.4) is 0 Å². The highest BCUT2D eigenvalue weighted by atomic mass is 35.5. The van der Waals surface area contributed by atoms with E-state index < -0.39 is 5.60 Å². The number of aromatic nitrogens is 2. The maximum atomic E-state index is 12.5. The van der Waals surface area contributed by atoms with Crippen LogP contribution in [-0.2, 0) is 4.74 Å². The lowest BCUT2D eigenvalue weighted by molar-refractivity contribution is 0.0139. The van der Waals surface area contributed by atoms with E-state index in [4.69, 9.17) is 21.1 Å². The lowest BCUT2D eigenvalue weighted by Crippen LogP contribution is -2.44. The molecule has 2 aromatic carbocycles. The first-order chi connectivity index (χ1) is 16.2. The number of benzene rings is 2. The van der Waals surface area contributed by atoms with Crippen LogP contribution in [0.15, 0.2) is 42.7 Å². The second kappa shape index (κ2) is 9.93. The summed E-state index contributed by atoms with van der Waals surface area (Å²) in [6.45, 7) is 7.35. The quantitative estimate of drug-likeness (QED) is 0.444. The second-order valence-electron chi connectivity index (χ2n) is 9.41. The van der Waals surface area contributed by atoms with Crippen LogP contribution >= 0.6 is 11.6 Å². The van der Waals surface area contributed by atoms with Crippen LogP contribution in [0.1, 0.15) is 33.6 Å². The van der Waals surface area contributed by atoms with Crippen molar-refractivity contribution in [3.05, 3.63) is 47.7 Å². The van der Waals surface area contributed by atoms with Crippen molar-refractivity contribution in [1.29, 1.82) is 0 Å². The maximum absolute atomic E-state index is 12.5. The van der Waals surface area contributed by atoms with E-state index in [-0.39, 0.29) is 22.8 Å². The molecule has 0 unspecified atom stereocenters. The molecule has 0 bridgehead atoms. The molecule has 4 rings (SSSR count). The molecule has 8 nitrogen and oxygen atoms in total. The molecule has 1 fully saturated rings. The Hall–Kier alpha value is -3.26. The second-order valence-corrected chi connectivity index (χ2v) is 9.82. The summed E-state index contributed by atoms with van der Waals surface area (Å²) in [6.07, 6.45) is 3.07. The summed E-state index contributed by atoms with van der Waals surface area (Å²) >= 11 is 6.05. The Morgan fingerprint density at radius 3 is 2.85 bits per heavy atom. The first-order valence-corrected chi connectivity index (χ1v) is 11.7. The van der Waals surface area contributed by atoms with E-state index in [1.807, 2.05) is 39.0 Å². The Morgan fingerprint density at radius 1 is 1.26 bits per heavy atom. The number of carbonyl (C=O) groups is 1. The molecular weight excluding hydrogens is 456 g/mol. The summed E-state index contributed by atoms with van der Waals surface area (Å²) in [5.41, 5.74) is 0.894. The van der Waals surface area contributed by atoms with Crippen molar-refractivity contribution < 1.29 is 19.4 Å². The van der Waals surface area contributed by atoms with Crippen molar-refractivity contribution in [3.63, 3.8) is 0 Å². The molecule has 0 aliphatic carbocycles. The number of ether oxygens (including phenoxy) is 2. The highest BCUT2D eigenvalue weighted by molar-refractivity contribution is 6.32. The molecular formula is C25H29ClN4O4. The normalized spacial score (nSPS) is 16.4. The van der Waals surface area contributed by atoms with Gasteiger partial charge in [-0.2, -0.15) is 0 Å². The smallest absolute Gasteiger partial charge is 0.410 e. The predicted molar refractivity (Wildman–Crippen MR) is 132 cm³/mol. The molecule has 2 heterocycles. The van der Waals surface area contributed by atoms with Crippen LogP contribution in [0.5, 0.6) is 11.5 Å². The van der Waals surface area contributed by atoms with Gasteiger partial charge in [0.05, 0.1) is 22.5 Å². The third kappa shape index (κ3) is 5.80. The summed E-state index contributed by atoms with van der Waals surface area (Å²) in [5.74, 6) is 1.42. The van der Waals surface area contributed by atoms with Crippen molar-refractivity contribution in [1.82, 2.24) is 14.9 Å². The fourth-order valence-corrected chi connectivity index (χ4v) is 4.10. The number of piperidine rings is 1. The zero-order valence-corrected chi connectivity index (χ0v) is 20.3. The first kappa shape index (κ1) is 23.9. The lowest BCUT2D eigenvalue weighted by Gasteiger charge is -2.34. The zero-order valence-electron chi connectivity index (χ0n) is 19.5. The highest BCUT2D eigenvalue weighted by Gasteiger charge is 2.28. The number of likely N-dealkylation sites (tertiary alicyclic amines) is 1. The third-order valence-corrected chi connectivity index (χ3v) is 5.78. The molecule has 1 amide bonds. The van der Waals surface area contributed by atoms with Crippen LogP contribution < -0.4 is 10.1 Å². The van der Waals surface area contributed by atoms with Gasteiger partial charge in [-0.1, -0.05) is 17.7 Å². The molecule has 3 aromatic rings. The number of halogens is 1. The van der Waals surface area contributed by atoms with E-state index in [1.165, 1.54) is 12.4 Å². The van der Waals surface area contributed by atoms with Crippen LogP contribution in [0.4, 0.5) is 16.3 Å². The zero-order chi connectivity index (χ0) is 24.3. The molecule has 2 N–H and O–H groups in total. The van der Waals surface area contributed by atoms with Crippen LogP contribution in [0.25, 0.3) is 10.9 Å². The summed E-state index contributed by atoms with van der Waals surface area (Å²) < 4.78 is 11.8. The minimum Gasteiger partial charge on any atom is -0.506 e. The van der Waals surface area contributed by atoms with E-state index in [1.54, 1.807) is 17.0 Å². The van der Waals surface area contributed by atoms with Crippen molar-refractivity contribution in [2.24, 2.45) is 5.92 Å². The van der Waals surface area contributed by atoms with Gasteiger partial charge in [-0.3, -0.25) is 0 Å². The molecule has 1 saturated heterocycles. The van der Waals surface area contributed by atoms with Gasteiger partial charge in [-0.05, 0) is 63.9 Å². The Labute approximate surface area is 203 Å². The number of phenols is 1. The van der Waals surface area contributed by atoms with Crippen LogP contribution in [0.2, 0.25) is 5.02 Å². The number of fused-ring (bicyclic) bond motifs is 1. The Bertz CT molecular complexity index is 1180. The van der Waals surface area contributed by atoms with Gasteiger partial charge in [0.15, 0.2) is 0 Å². The number of amides is 1. The molecule has 9 heteroatoms. The van der Waals surface area contributed by atoms with Gasteiger partial charge in [-0.15, -0.1) is 0 Å². The molecule has 1 aliphatic heterocycles. The highest BCUT2D eigenvalue weighted by Crippen LogP contribution is 2.34. The molecule has 0 spiro atoms. The topological polar surface area (TPSA) is 96.8 Å². The van der Waals surface area contributed by atoms with Crippen LogP contribution in [0, 0.1) is 5.92 Å². The minimum absolute atomic E-state index is 0.0108. The van der Waals surface area contributed by atoms with Gasteiger partial charge in [0.2, 0.25) is 0 Å². The molecule has 180 valence electrons. The van der Waals surface area contributed by atoms with E-state index in [0.717, 1.165) is 23.7 Å². The van der Waals surface area contributed by atoms with Gasteiger partial charge in [-0.25, -0.2) is 14.8 Å². The van der Waals surface area contributed by atoms with Crippen LogP contribution in [-0.4, -0.2) is 51.4 Å². The van der Waals surface area contributed by atoms with Gasteiger partial charge in [0.1, 0.15) is 29.2 Å². The average molecular weight is 485 g/mol. The van der Waals surface area contributed by atoms with Gasteiger partial charge in [0, 0.05) is 24.7 Å². The fourth-order valence-electron chi connectivity index (χ4n) is 3.92. The largest absolute Gasteiger partial charge is 0.506 e. The summed E-state index contributed by atoms with van der Waals surface area (Å²) in [7, 11) is 0. The molecule has 1 aromatic heterocycles. The average Bonchev–Trinajstić information content (AvgIpc) is 2.79.